The molecule has 0 saturated carbocycles. The van der Waals surface area contributed by atoms with Crippen LogP contribution in [0.3, 0.4) is 0 Å². The van der Waals surface area contributed by atoms with E-state index in [1.54, 1.807) is 13.2 Å². The molecule has 0 aliphatic rings. The van der Waals surface area contributed by atoms with E-state index in [1.165, 1.54) is 6.92 Å². The SMILES string of the molecule is COc1cccc2nc3c(C(C)=O)cccc3nc12. The number of nitrogens with zero attached hydrogens (tertiary/aromatic N) is 2. The summed E-state index contributed by atoms with van der Waals surface area (Å²) in [6, 6.07) is 11.0. The van der Waals surface area contributed by atoms with Gasteiger partial charge >= 0.3 is 0 Å². The van der Waals surface area contributed by atoms with E-state index < -0.39 is 0 Å². The van der Waals surface area contributed by atoms with Crippen LogP contribution in [-0.2, 0) is 0 Å². The predicted molar refractivity (Wildman–Crippen MR) is 73.6 cm³/mol. The summed E-state index contributed by atoms with van der Waals surface area (Å²) in [4.78, 5) is 20.7. The van der Waals surface area contributed by atoms with E-state index in [0.29, 0.717) is 27.9 Å². The number of hydrogen-bond donors (Lipinski definition) is 0. The van der Waals surface area contributed by atoms with E-state index in [9.17, 15) is 4.79 Å². The van der Waals surface area contributed by atoms with Crippen LogP contribution in [0.5, 0.6) is 5.75 Å². The van der Waals surface area contributed by atoms with E-state index >= 15 is 0 Å². The van der Waals surface area contributed by atoms with Crippen molar-refractivity contribution in [3.63, 3.8) is 0 Å². The van der Waals surface area contributed by atoms with Crippen LogP contribution in [-0.4, -0.2) is 22.9 Å². The van der Waals surface area contributed by atoms with Crippen LogP contribution in [0.2, 0.25) is 0 Å². The van der Waals surface area contributed by atoms with Crippen LogP contribution in [0.25, 0.3) is 22.1 Å². The standard InChI is InChI=1S/C15H12N2O2/c1-9(18)10-5-3-6-11-14(10)16-12-7-4-8-13(19-2)15(12)17-11/h3-8H,1-2H3. The van der Waals surface area contributed by atoms with Crippen LogP contribution < -0.4 is 4.74 Å². The molecule has 4 nitrogen and oxygen atoms in total. The van der Waals surface area contributed by atoms with Gasteiger partial charge in [-0.05, 0) is 31.2 Å². The molecule has 0 spiro atoms. The van der Waals surface area contributed by atoms with Crippen molar-refractivity contribution >= 4 is 27.9 Å². The molecule has 3 rings (SSSR count). The molecule has 0 saturated heterocycles. The quantitative estimate of drug-likeness (QED) is 0.519. The van der Waals surface area contributed by atoms with Crippen molar-refractivity contribution in [3.8, 4) is 5.75 Å². The highest BCUT2D eigenvalue weighted by Gasteiger charge is 2.11. The fraction of sp³-hybridized carbons (Fsp3) is 0.133. The summed E-state index contributed by atoms with van der Waals surface area (Å²) in [6.45, 7) is 1.53. The number of rotatable bonds is 2. The highest BCUT2D eigenvalue weighted by atomic mass is 16.5. The first-order chi connectivity index (χ1) is 9.20. The number of para-hydroxylation sites is 2. The lowest BCUT2D eigenvalue weighted by molar-refractivity contribution is 0.101. The summed E-state index contributed by atoms with van der Waals surface area (Å²) in [6.07, 6.45) is 0. The number of ether oxygens (including phenoxy) is 1. The van der Waals surface area contributed by atoms with Crippen molar-refractivity contribution in [1.82, 2.24) is 9.97 Å². The van der Waals surface area contributed by atoms with Gasteiger partial charge in [0.2, 0.25) is 0 Å². The second kappa shape index (κ2) is 4.31. The van der Waals surface area contributed by atoms with Gasteiger partial charge in [0, 0.05) is 5.56 Å². The summed E-state index contributed by atoms with van der Waals surface area (Å²) in [7, 11) is 1.60. The Morgan fingerprint density at radius 3 is 2.32 bits per heavy atom. The number of carbonyl (C=O) groups is 1. The second-order valence-corrected chi connectivity index (χ2v) is 4.28. The summed E-state index contributed by atoms with van der Waals surface area (Å²) < 4.78 is 5.28. The van der Waals surface area contributed by atoms with Crippen molar-refractivity contribution in [1.29, 1.82) is 0 Å². The molecular formula is C15H12N2O2. The first-order valence-corrected chi connectivity index (χ1v) is 5.95. The Morgan fingerprint density at radius 1 is 1.00 bits per heavy atom. The van der Waals surface area contributed by atoms with Gasteiger partial charge < -0.3 is 4.74 Å². The van der Waals surface area contributed by atoms with E-state index in [0.717, 1.165) is 5.52 Å². The van der Waals surface area contributed by atoms with E-state index in [4.69, 9.17) is 4.74 Å². The van der Waals surface area contributed by atoms with Crippen LogP contribution in [0.15, 0.2) is 36.4 Å². The first-order valence-electron chi connectivity index (χ1n) is 5.95. The van der Waals surface area contributed by atoms with Crippen molar-refractivity contribution in [2.45, 2.75) is 6.92 Å². The fourth-order valence-electron chi connectivity index (χ4n) is 2.14. The Labute approximate surface area is 110 Å². The third kappa shape index (κ3) is 1.81. The molecule has 94 valence electrons. The topological polar surface area (TPSA) is 52.1 Å². The molecular weight excluding hydrogens is 240 g/mol. The van der Waals surface area contributed by atoms with Crippen LogP contribution >= 0.6 is 0 Å². The molecule has 2 aromatic carbocycles. The lowest BCUT2D eigenvalue weighted by atomic mass is 10.1. The molecule has 19 heavy (non-hydrogen) atoms. The van der Waals surface area contributed by atoms with Crippen LogP contribution in [0.1, 0.15) is 17.3 Å². The van der Waals surface area contributed by atoms with Gasteiger partial charge in [-0.25, -0.2) is 9.97 Å². The zero-order valence-electron chi connectivity index (χ0n) is 10.7. The van der Waals surface area contributed by atoms with Gasteiger partial charge in [0.1, 0.15) is 16.8 Å². The molecule has 0 bridgehead atoms. The Kier molecular flexibility index (Phi) is 2.63. The molecule has 0 aliphatic carbocycles. The summed E-state index contributed by atoms with van der Waals surface area (Å²) in [5.74, 6) is 0.669. The summed E-state index contributed by atoms with van der Waals surface area (Å²) >= 11 is 0. The van der Waals surface area contributed by atoms with Crippen LogP contribution in [0.4, 0.5) is 0 Å². The number of carbonyl (C=O) groups excluding carboxylic acids is 1. The number of aromatic nitrogens is 2. The number of ketones is 1. The van der Waals surface area contributed by atoms with E-state index in [-0.39, 0.29) is 5.78 Å². The number of Topliss-reactive ketones (excluding diaryl/α,β-unsaturated/α-hetero) is 1. The first kappa shape index (κ1) is 11.6. The molecule has 0 amide bonds. The molecule has 0 N–H and O–H groups in total. The van der Waals surface area contributed by atoms with Gasteiger partial charge in [0.25, 0.3) is 0 Å². The molecule has 0 aliphatic heterocycles. The normalized spacial score (nSPS) is 10.8. The van der Waals surface area contributed by atoms with Crippen LogP contribution in [0, 0.1) is 0 Å². The smallest absolute Gasteiger partial charge is 0.162 e. The number of methoxy groups -OCH3 is 1. The van der Waals surface area contributed by atoms with E-state index in [1.807, 2.05) is 30.3 Å². The van der Waals surface area contributed by atoms with Gasteiger partial charge in [0.05, 0.1) is 18.1 Å². The van der Waals surface area contributed by atoms with Gasteiger partial charge in [-0.15, -0.1) is 0 Å². The Morgan fingerprint density at radius 2 is 1.63 bits per heavy atom. The van der Waals surface area contributed by atoms with Crippen molar-refractivity contribution in [3.05, 3.63) is 42.0 Å². The zero-order valence-corrected chi connectivity index (χ0v) is 10.7. The Balaban J connectivity index is 2.45. The highest BCUT2D eigenvalue weighted by molar-refractivity contribution is 6.06. The van der Waals surface area contributed by atoms with Gasteiger partial charge in [-0.1, -0.05) is 12.1 Å². The monoisotopic (exact) mass is 252 g/mol. The predicted octanol–water partition coefficient (Wildman–Crippen LogP) is 2.99. The van der Waals surface area contributed by atoms with Crippen molar-refractivity contribution in [2.24, 2.45) is 0 Å². The molecule has 0 atom stereocenters. The third-order valence-electron chi connectivity index (χ3n) is 3.06. The van der Waals surface area contributed by atoms with Crippen molar-refractivity contribution in [2.75, 3.05) is 7.11 Å². The van der Waals surface area contributed by atoms with E-state index in [2.05, 4.69) is 9.97 Å². The molecule has 0 fully saturated rings. The molecule has 4 heteroatoms. The lowest BCUT2D eigenvalue weighted by Crippen LogP contribution is -1.98. The minimum absolute atomic E-state index is 0.0119. The maximum absolute atomic E-state index is 11.6. The third-order valence-corrected chi connectivity index (χ3v) is 3.06. The average Bonchev–Trinajstić information content (AvgIpc) is 2.43. The summed E-state index contributed by atoms with van der Waals surface area (Å²) in [5, 5.41) is 0. The molecule has 0 unspecified atom stereocenters. The largest absolute Gasteiger partial charge is 0.494 e. The number of hydrogen-bond acceptors (Lipinski definition) is 4. The number of fused-ring (bicyclic) bond motifs is 2. The van der Waals surface area contributed by atoms with Gasteiger partial charge in [-0.3, -0.25) is 4.79 Å². The van der Waals surface area contributed by atoms with Gasteiger partial charge in [0.15, 0.2) is 5.78 Å². The summed E-state index contributed by atoms with van der Waals surface area (Å²) in [5.41, 5.74) is 3.36. The molecule has 1 heterocycles. The minimum atomic E-state index is -0.0119. The highest BCUT2D eigenvalue weighted by Crippen LogP contribution is 2.25. The molecule has 0 radical (unpaired) electrons. The maximum atomic E-state index is 11.6. The molecule has 3 aromatic rings. The minimum Gasteiger partial charge on any atom is -0.494 e. The van der Waals surface area contributed by atoms with Gasteiger partial charge in [-0.2, -0.15) is 0 Å². The zero-order chi connectivity index (χ0) is 13.4. The Hall–Kier alpha value is -2.49. The Bertz CT molecular complexity index is 797. The second-order valence-electron chi connectivity index (χ2n) is 4.28. The fourth-order valence-corrected chi connectivity index (χ4v) is 2.14. The average molecular weight is 252 g/mol. The molecule has 1 aromatic heterocycles. The number of benzene rings is 2. The lowest BCUT2D eigenvalue weighted by Gasteiger charge is -2.07. The van der Waals surface area contributed by atoms with Crippen molar-refractivity contribution < 1.29 is 9.53 Å². The maximum Gasteiger partial charge on any atom is 0.162 e.